The first-order valence-electron chi connectivity index (χ1n) is 9.16. The van der Waals surface area contributed by atoms with Gasteiger partial charge in [-0.1, -0.05) is 12.8 Å². The molecule has 2 aliphatic rings. The molecule has 1 aromatic rings. The van der Waals surface area contributed by atoms with Gasteiger partial charge >= 0.3 is 6.03 Å². The number of carbonyl (C=O) groups is 3. The molecule has 0 aliphatic carbocycles. The minimum Gasteiger partial charge on any atom is -0.371 e. The van der Waals surface area contributed by atoms with Gasteiger partial charge in [0.15, 0.2) is 0 Å². The molecular weight excluding hydrogens is 364 g/mol. The van der Waals surface area contributed by atoms with Gasteiger partial charge in [0.25, 0.3) is 17.5 Å². The van der Waals surface area contributed by atoms with E-state index in [1.165, 1.54) is 32.3 Å². The number of amides is 4. The Morgan fingerprint density at radius 1 is 0.964 bits per heavy atom. The minimum absolute atomic E-state index is 0.126. The molecule has 2 heterocycles. The second-order valence-electron chi connectivity index (χ2n) is 6.97. The predicted octanol–water partition coefficient (Wildman–Crippen LogP) is 2.41. The lowest BCUT2D eigenvalue weighted by Crippen LogP contribution is -2.52. The fourth-order valence-electron chi connectivity index (χ4n) is 3.50. The highest BCUT2D eigenvalue weighted by atomic mass is 16.6. The van der Waals surface area contributed by atoms with Crippen LogP contribution in [0.5, 0.6) is 0 Å². The van der Waals surface area contributed by atoms with Gasteiger partial charge in [-0.05, 0) is 25.0 Å². The van der Waals surface area contributed by atoms with Gasteiger partial charge in [0.1, 0.15) is 5.57 Å². The van der Waals surface area contributed by atoms with Gasteiger partial charge < -0.3 is 4.90 Å². The number of carbonyl (C=O) groups excluding carboxylic acids is 3. The van der Waals surface area contributed by atoms with Crippen LogP contribution in [0.2, 0.25) is 0 Å². The number of urea groups is 1. The number of rotatable bonds is 3. The smallest absolute Gasteiger partial charge is 0.333 e. The lowest BCUT2D eigenvalue weighted by Gasteiger charge is -2.29. The van der Waals surface area contributed by atoms with E-state index in [0.29, 0.717) is 5.56 Å². The zero-order valence-corrected chi connectivity index (χ0v) is 15.9. The molecule has 2 saturated heterocycles. The van der Waals surface area contributed by atoms with Crippen LogP contribution >= 0.6 is 0 Å². The van der Waals surface area contributed by atoms with Crippen molar-refractivity contribution < 1.29 is 19.3 Å². The molecule has 0 aromatic heterocycles. The Morgan fingerprint density at radius 3 is 2.07 bits per heavy atom. The molecule has 2 aliphatic heterocycles. The minimum atomic E-state index is -0.721. The van der Waals surface area contributed by atoms with Crippen LogP contribution in [0.25, 0.3) is 6.08 Å². The van der Waals surface area contributed by atoms with Gasteiger partial charge in [0, 0.05) is 50.6 Å². The molecule has 0 N–H and O–H groups in total. The van der Waals surface area contributed by atoms with Crippen LogP contribution < -0.4 is 4.90 Å². The monoisotopic (exact) mass is 386 g/mol. The lowest BCUT2D eigenvalue weighted by molar-refractivity contribution is -0.384. The molecule has 0 radical (unpaired) electrons. The molecular formula is C19H22N4O5. The van der Waals surface area contributed by atoms with Crippen molar-refractivity contribution >= 4 is 35.3 Å². The van der Waals surface area contributed by atoms with Crippen LogP contribution in [0, 0.1) is 10.1 Å². The molecule has 3 rings (SSSR count). The Hall–Kier alpha value is -3.23. The topological polar surface area (TPSA) is 104 Å². The van der Waals surface area contributed by atoms with E-state index in [9.17, 15) is 24.5 Å². The van der Waals surface area contributed by atoms with E-state index in [0.717, 1.165) is 54.3 Å². The largest absolute Gasteiger partial charge is 0.371 e. The number of likely N-dealkylation sites (N-methyl/N-ethyl adjacent to an activating group) is 2. The second kappa shape index (κ2) is 7.79. The average molecular weight is 386 g/mol. The van der Waals surface area contributed by atoms with Crippen molar-refractivity contribution in [1.29, 1.82) is 0 Å². The molecule has 9 nitrogen and oxygen atoms in total. The number of barbiturate groups is 1. The average Bonchev–Trinajstić information content (AvgIpc) is 2.97. The second-order valence-corrected chi connectivity index (χ2v) is 6.97. The first kappa shape index (κ1) is 19.5. The van der Waals surface area contributed by atoms with E-state index < -0.39 is 22.8 Å². The Bertz CT molecular complexity index is 845. The summed E-state index contributed by atoms with van der Waals surface area (Å²) in [5.41, 5.74) is 0.840. The highest BCUT2D eigenvalue weighted by Crippen LogP contribution is 2.30. The molecule has 0 bridgehead atoms. The summed E-state index contributed by atoms with van der Waals surface area (Å²) >= 11 is 0. The van der Waals surface area contributed by atoms with E-state index in [4.69, 9.17) is 0 Å². The van der Waals surface area contributed by atoms with Gasteiger partial charge in [-0.25, -0.2) is 4.79 Å². The molecule has 0 spiro atoms. The maximum atomic E-state index is 12.5. The number of anilines is 1. The van der Waals surface area contributed by atoms with E-state index in [1.807, 2.05) is 0 Å². The maximum absolute atomic E-state index is 12.5. The Morgan fingerprint density at radius 2 is 1.54 bits per heavy atom. The van der Waals surface area contributed by atoms with Gasteiger partial charge in [0.05, 0.1) is 4.92 Å². The summed E-state index contributed by atoms with van der Waals surface area (Å²) in [6.07, 6.45) is 5.61. The number of hydrogen-bond acceptors (Lipinski definition) is 6. The van der Waals surface area contributed by atoms with Crippen LogP contribution in [0.3, 0.4) is 0 Å². The summed E-state index contributed by atoms with van der Waals surface area (Å²) in [5.74, 6) is -1.44. The molecule has 0 atom stereocenters. The Kier molecular flexibility index (Phi) is 5.43. The molecule has 28 heavy (non-hydrogen) atoms. The lowest BCUT2D eigenvalue weighted by atomic mass is 10.0. The third-order valence-corrected chi connectivity index (χ3v) is 5.11. The van der Waals surface area contributed by atoms with Crippen LogP contribution in [0.4, 0.5) is 16.2 Å². The van der Waals surface area contributed by atoms with E-state index in [2.05, 4.69) is 4.90 Å². The van der Waals surface area contributed by atoms with Gasteiger partial charge in [-0.15, -0.1) is 0 Å². The zero-order chi connectivity index (χ0) is 20.4. The number of non-ortho nitro benzene ring substituents is 1. The number of benzene rings is 1. The first-order chi connectivity index (χ1) is 13.3. The summed E-state index contributed by atoms with van der Waals surface area (Å²) in [6.45, 7) is 1.60. The SMILES string of the molecule is CN1C(=O)C(=Cc2cc([N+](=O)[O-])ccc2N2CCCCCC2)C(=O)N(C)C1=O. The van der Waals surface area contributed by atoms with Gasteiger partial charge in [-0.3, -0.25) is 29.5 Å². The van der Waals surface area contributed by atoms with Crippen molar-refractivity contribution in [2.24, 2.45) is 0 Å². The Balaban J connectivity index is 2.10. The standard InChI is InChI=1S/C19H22N4O5/c1-20-17(24)15(18(25)21(2)19(20)26)12-13-11-14(23(27)28)7-8-16(13)22-9-5-3-4-6-10-22/h7-8,11-12H,3-6,9-10H2,1-2H3. The molecule has 9 heteroatoms. The molecule has 0 unspecified atom stereocenters. The van der Waals surface area contributed by atoms with E-state index in [1.54, 1.807) is 6.07 Å². The summed E-state index contributed by atoms with van der Waals surface area (Å²) < 4.78 is 0. The van der Waals surface area contributed by atoms with Crippen molar-refractivity contribution in [3.63, 3.8) is 0 Å². The Labute approximate surface area is 162 Å². The van der Waals surface area contributed by atoms with Crippen molar-refractivity contribution in [3.8, 4) is 0 Å². The summed E-state index contributed by atoms with van der Waals surface area (Å²) in [5, 5.41) is 11.2. The fourth-order valence-corrected chi connectivity index (χ4v) is 3.50. The quantitative estimate of drug-likeness (QED) is 0.342. The van der Waals surface area contributed by atoms with Crippen molar-refractivity contribution in [3.05, 3.63) is 39.4 Å². The summed E-state index contributed by atoms with van der Waals surface area (Å²) in [7, 11) is 2.59. The number of nitro benzene ring substituents is 1. The molecule has 4 amide bonds. The van der Waals surface area contributed by atoms with E-state index >= 15 is 0 Å². The summed E-state index contributed by atoms with van der Waals surface area (Å²) in [4.78, 5) is 51.5. The molecule has 2 fully saturated rings. The first-order valence-corrected chi connectivity index (χ1v) is 9.16. The fraction of sp³-hybridized carbons (Fsp3) is 0.421. The molecule has 1 aromatic carbocycles. The van der Waals surface area contributed by atoms with Crippen LogP contribution in [0.15, 0.2) is 23.8 Å². The highest BCUT2D eigenvalue weighted by molar-refractivity contribution is 6.30. The normalized spacial score (nSPS) is 18.4. The highest BCUT2D eigenvalue weighted by Gasteiger charge is 2.38. The van der Waals surface area contributed by atoms with Crippen molar-refractivity contribution in [2.45, 2.75) is 25.7 Å². The van der Waals surface area contributed by atoms with Crippen molar-refractivity contribution in [1.82, 2.24) is 9.80 Å². The van der Waals surface area contributed by atoms with E-state index in [-0.39, 0.29) is 11.3 Å². The third-order valence-electron chi connectivity index (χ3n) is 5.11. The predicted molar refractivity (Wildman–Crippen MR) is 103 cm³/mol. The van der Waals surface area contributed by atoms with Crippen LogP contribution in [0.1, 0.15) is 31.2 Å². The molecule has 0 saturated carbocycles. The molecule has 148 valence electrons. The zero-order valence-electron chi connectivity index (χ0n) is 15.9. The number of imide groups is 2. The summed E-state index contributed by atoms with van der Waals surface area (Å²) in [6, 6.07) is 3.74. The van der Waals surface area contributed by atoms with Gasteiger partial charge in [-0.2, -0.15) is 0 Å². The van der Waals surface area contributed by atoms with Crippen LogP contribution in [-0.2, 0) is 9.59 Å². The van der Waals surface area contributed by atoms with Gasteiger partial charge in [0.2, 0.25) is 0 Å². The third kappa shape index (κ3) is 3.60. The van der Waals surface area contributed by atoms with Crippen molar-refractivity contribution in [2.75, 3.05) is 32.1 Å². The number of nitrogens with zero attached hydrogens (tertiary/aromatic N) is 4. The van der Waals surface area contributed by atoms with Crippen LogP contribution in [-0.4, -0.2) is 59.8 Å². The number of nitro groups is 1. The maximum Gasteiger partial charge on any atom is 0.333 e. The number of hydrogen-bond donors (Lipinski definition) is 0.